The summed E-state index contributed by atoms with van der Waals surface area (Å²) in [4.78, 5) is 8.10. The van der Waals surface area contributed by atoms with Crippen LogP contribution in [0.3, 0.4) is 0 Å². The van der Waals surface area contributed by atoms with Crippen molar-refractivity contribution in [3.8, 4) is 11.6 Å². The minimum Gasteiger partial charge on any atom is -0.438 e. The zero-order chi connectivity index (χ0) is 11.7. The van der Waals surface area contributed by atoms with E-state index in [0.29, 0.717) is 23.0 Å². The molecule has 2 aromatic heterocycles. The molecule has 0 radical (unpaired) electrons. The van der Waals surface area contributed by atoms with Gasteiger partial charge in [-0.25, -0.2) is 9.97 Å². The van der Waals surface area contributed by atoms with Gasteiger partial charge in [-0.1, -0.05) is 6.07 Å². The van der Waals surface area contributed by atoms with Crippen LogP contribution in [0.15, 0.2) is 36.8 Å². The van der Waals surface area contributed by atoms with Crippen molar-refractivity contribution >= 4 is 16.7 Å². The van der Waals surface area contributed by atoms with Gasteiger partial charge in [-0.05, 0) is 12.1 Å². The van der Waals surface area contributed by atoms with Gasteiger partial charge in [0.15, 0.2) is 5.65 Å². The minimum atomic E-state index is 0.453. The number of nitrogens with zero attached hydrogens (tertiary/aromatic N) is 3. The highest BCUT2D eigenvalue weighted by atomic mass is 16.5. The van der Waals surface area contributed by atoms with E-state index >= 15 is 0 Å². The number of hydrogen-bond acceptors (Lipinski definition) is 5. The predicted octanol–water partition coefficient (Wildman–Crippen LogP) is 1.73. The number of aromatic nitrogens is 4. The lowest BCUT2D eigenvalue weighted by molar-refractivity contribution is 0.468. The van der Waals surface area contributed by atoms with E-state index in [1.54, 1.807) is 18.3 Å². The zero-order valence-corrected chi connectivity index (χ0v) is 8.79. The van der Waals surface area contributed by atoms with Gasteiger partial charge in [0.05, 0.1) is 6.20 Å². The van der Waals surface area contributed by atoms with Crippen LogP contribution in [0.25, 0.3) is 11.0 Å². The maximum Gasteiger partial charge on any atom is 0.233 e. The Balaban J connectivity index is 2.02. The maximum atomic E-state index is 5.67. The molecular formula is C11H9N5O. The van der Waals surface area contributed by atoms with E-state index in [9.17, 15) is 0 Å². The van der Waals surface area contributed by atoms with Crippen LogP contribution in [0.4, 0.5) is 5.69 Å². The quantitative estimate of drug-likeness (QED) is 0.650. The fourth-order valence-corrected chi connectivity index (χ4v) is 1.51. The Morgan fingerprint density at radius 3 is 3.06 bits per heavy atom. The van der Waals surface area contributed by atoms with E-state index in [0.717, 1.165) is 5.39 Å². The Morgan fingerprint density at radius 1 is 1.24 bits per heavy atom. The van der Waals surface area contributed by atoms with Gasteiger partial charge in [0.25, 0.3) is 0 Å². The standard InChI is InChI=1S/C11H9N5O/c12-7-2-1-3-8(4-7)17-11-9-5-15-16-10(9)13-6-14-11/h1-6H,12H2,(H,13,14,15,16). The SMILES string of the molecule is Nc1cccc(Oc2ncnc3[nH]ncc23)c1. The number of ether oxygens (including phenoxy) is 1. The van der Waals surface area contributed by atoms with Crippen LogP contribution in [0.2, 0.25) is 0 Å². The first-order valence-corrected chi connectivity index (χ1v) is 5.00. The average Bonchev–Trinajstić information content (AvgIpc) is 2.78. The maximum absolute atomic E-state index is 5.67. The summed E-state index contributed by atoms with van der Waals surface area (Å²) in [5, 5.41) is 7.37. The van der Waals surface area contributed by atoms with E-state index in [-0.39, 0.29) is 0 Å². The average molecular weight is 227 g/mol. The third-order valence-electron chi connectivity index (χ3n) is 2.28. The molecule has 0 aliphatic heterocycles. The molecule has 3 rings (SSSR count). The number of anilines is 1. The Hall–Kier alpha value is -2.63. The van der Waals surface area contributed by atoms with Crippen molar-refractivity contribution in [1.82, 2.24) is 20.2 Å². The Labute approximate surface area is 96.5 Å². The molecule has 1 aromatic carbocycles. The molecule has 0 aliphatic rings. The number of aromatic amines is 1. The summed E-state index contributed by atoms with van der Waals surface area (Å²) in [5.74, 6) is 1.08. The fourth-order valence-electron chi connectivity index (χ4n) is 1.51. The van der Waals surface area contributed by atoms with Gasteiger partial charge < -0.3 is 10.5 Å². The first kappa shape index (κ1) is 9.59. The summed E-state index contributed by atoms with van der Waals surface area (Å²) >= 11 is 0. The molecule has 6 heteroatoms. The second-order valence-corrected chi connectivity index (χ2v) is 3.49. The summed E-state index contributed by atoms with van der Waals surface area (Å²) in [6.07, 6.45) is 3.04. The molecule has 0 bridgehead atoms. The Morgan fingerprint density at radius 2 is 2.18 bits per heavy atom. The van der Waals surface area contributed by atoms with Gasteiger partial charge in [-0.3, -0.25) is 5.10 Å². The van der Waals surface area contributed by atoms with Crippen LogP contribution in [0, 0.1) is 0 Å². The van der Waals surface area contributed by atoms with Gasteiger partial charge in [-0.2, -0.15) is 5.10 Å². The molecule has 0 spiro atoms. The molecule has 3 aromatic rings. The van der Waals surface area contributed by atoms with Crippen LogP contribution < -0.4 is 10.5 Å². The first-order chi connectivity index (χ1) is 8.33. The topological polar surface area (TPSA) is 89.7 Å². The van der Waals surface area contributed by atoms with Crippen LogP contribution in [0.5, 0.6) is 11.6 Å². The lowest BCUT2D eigenvalue weighted by Crippen LogP contribution is -1.91. The van der Waals surface area contributed by atoms with Crippen LogP contribution in [0.1, 0.15) is 0 Å². The van der Waals surface area contributed by atoms with Crippen LogP contribution >= 0.6 is 0 Å². The molecule has 6 nitrogen and oxygen atoms in total. The molecule has 0 fully saturated rings. The van der Waals surface area contributed by atoms with Crippen molar-refractivity contribution in [3.63, 3.8) is 0 Å². The van der Waals surface area contributed by atoms with E-state index < -0.39 is 0 Å². The van der Waals surface area contributed by atoms with E-state index in [1.807, 2.05) is 12.1 Å². The normalized spacial score (nSPS) is 10.6. The number of nitrogen functional groups attached to an aromatic ring is 1. The van der Waals surface area contributed by atoms with Crippen LogP contribution in [-0.2, 0) is 0 Å². The minimum absolute atomic E-state index is 0.453. The van der Waals surface area contributed by atoms with E-state index in [4.69, 9.17) is 10.5 Å². The van der Waals surface area contributed by atoms with Crippen molar-refractivity contribution in [2.75, 3.05) is 5.73 Å². The fraction of sp³-hybridized carbons (Fsp3) is 0. The van der Waals surface area contributed by atoms with Crippen molar-refractivity contribution < 1.29 is 4.74 Å². The third-order valence-corrected chi connectivity index (χ3v) is 2.28. The molecule has 84 valence electrons. The zero-order valence-electron chi connectivity index (χ0n) is 8.79. The molecule has 2 heterocycles. The van der Waals surface area contributed by atoms with Gasteiger partial charge in [0, 0.05) is 11.8 Å². The Bertz CT molecular complexity index is 664. The number of benzene rings is 1. The number of rotatable bonds is 2. The highest BCUT2D eigenvalue weighted by Crippen LogP contribution is 2.26. The molecule has 0 amide bonds. The number of hydrogen-bond donors (Lipinski definition) is 2. The largest absolute Gasteiger partial charge is 0.438 e. The molecule has 17 heavy (non-hydrogen) atoms. The molecule has 0 unspecified atom stereocenters. The van der Waals surface area contributed by atoms with Gasteiger partial charge >= 0.3 is 0 Å². The second-order valence-electron chi connectivity index (χ2n) is 3.49. The summed E-state index contributed by atoms with van der Waals surface area (Å²) in [6.45, 7) is 0. The van der Waals surface area contributed by atoms with Gasteiger partial charge in [0.2, 0.25) is 5.88 Å². The first-order valence-electron chi connectivity index (χ1n) is 5.00. The third kappa shape index (κ3) is 1.76. The summed E-state index contributed by atoms with van der Waals surface area (Å²) < 4.78 is 5.64. The molecule has 0 saturated carbocycles. The molecular weight excluding hydrogens is 218 g/mol. The molecule has 0 saturated heterocycles. The van der Waals surface area contributed by atoms with Crippen molar-refractivity contribution in [2.45, 2.75) is 0 Å². The van der Waals surface area contributed by atoms with Crippen molar-refractivity contribution in [3.05, 3.63) is 36.8 Å². The number of nitrogens with one attached hydrogen (secondary N) is 1. The Kier molecular flexibility index (Phi) is 2.11. The van der Waals surface area contributed by atoms with Gasteiger partial charge in [0.1, 0.15) is 17.5 Å². The lowest BCUT2D eigenvalue weighted by atomic mass is 10.3. The lowest BCUT2D eigenvalue weighted by Gasteiger charge is -2.05. The summed E-state index contributed by atoms with van der Waals surface area (Å²) in [7, 11) is 0. The highest BCUT2D eigenvalue weighted by molar-refractivity contribution is 5.79. The number of nitrogens with two attached hydrogens (primary N) is 1. The molecule has 0 atom stereocenters. The van der Waals surface area contributed by atoms with E-state index in [1.165, 1.54) is 6.33 Å². The summed E-state index contributed by atoms with van der Waals surface area (Å²) in [6, 6.07) is 7.15. The van der Waals surface area contributed by atoms with Crippen molar-refractivity contribution in [1.29, 1.82) is 0 Å². The molecule has 0 aliphatic carbocycles. The van der Waals surface area contributed by atoms with E-state index in [2.05, 4.69) is 20.2 Å². The highest BCUT2D eigenvalue weighted by Gasteiger charge is 2.07. The monoisotopic (exact) mass is 227 g/mol. The summed E-state index contributed by atoms with van der Waals surface area (Å²) in [5.41, 5.74) is 6.95. The molecule has 3 N–H and O–H groups in total. The van der Waals surface area contributed by atoms with Crippen LogP contribution in [-0.4, -0.2) is 20.2 Å². The smallest absolute Gasteiger partial charge is 0.233 e. The number of H-pyrrole nitrogens is 1. The van der Waals surface area contributed by atoms with Crippen molar-refractivity contribution in [2.24, 2.45) is 0 Å². The predicted molar refractivity (Wildman–Crippen MR) is 62.6 cm³/mol. The number of fused-ring (bicyclic) bond motifs is 1. The van der Waals surface area contributed by atoms with Gasteiger partial charge in [-0.15, -0.1) is 0 Å². The second kappa shape index (κ2) is 3.75.